The highest BCUT2D eigenvalue weighted by Gasteiger charge is 2.18. The van der Waals surface area contributed by atoms with Gasteiger partial charge in [-0.15, -0.1) is 0 Å². The molecule has 0 bridgehead atoms. The van der Waals surface area contributed by atoms with Crippen LogP contribution in [0.2, 0.25) is 0 Å². The van der Waals surface area contributed by atoms with Crippen LogP contribution in [0.15, 0.2) is 102 Å². The fourth-order valence-corrected chi connectivity index (χ4v) is 3.88. The van der Waals surface area contributed by atoms with Gasteiger partial charge in [-0.05, 0) is 41.1 Å². The predicted octanol–water partition coefficient (Wildman–Crippen LogP) is 6.59. The maximum atomic E-state index is 7.85. The molecule has 0 radical (unpaired) electrons. The Bertz CT molecular complexity index is 1530. The molecule has 0 aliphatic carbocycles. The third kappa shape index (κ3) is 2.20. The number of hydrogen-bond donors (Lipinski definition) is 0. The van der Waals surface area contributed by atoms with Gasteiger partial charge in [0.25, 0.3) is 0 Å². The zero-order valence-corrected chi connectivity index (χ0v) is 15.0. The lowest BCUT2D eigenvalue weighted by Crippen LogP contribution is -1.97. The van der Waals surface area contributed by atoms with Gasteiger partial charge in [0.2, 0.25) is 0 Å². The van der Waals surface area contributed by atoms with Crippen molar-refractivity contribution in [3.05, 3.63) is 97.2 Å². The zero-order valence-electron chi connectivity index (χ0n) is 16.0. The number of benzene rings is 4. The second-order valence-electron chi connectivity index (χ2n) is 6.86. The SMILES string of the molecule is [2H]c1ccc2c(-c3nc4ccccc4n3-c3ccc4ccccc4c3)coc2c1. The molecule has 0 N–H and O–H groups in total. The van der Waals surface area contributed by atoms with Crippen molar-refractivity contribution in [1.29, 1.82) is 0 Å². The van der Waals surface area contributed by atoms with E-state index in [0.29, 0.717) is 11.6 Å². The molecule has 2 heterocycles. The topological polar surface area (TPSA) is 31.0 Å². The second kappa shape index (κ2) is 5.83. The van der Waals surface area contributed by atoms with Crippen molar-refractivity contribution in [2.75, 3.05) is 0 Å². The summed E-state index contributed by atoms with van der Waals surface area (Å²) in [6, 6.07) is 28.9. The van der Waals surface area contributed by atoms with Crippen molar-refractivity contribution < 1.29 is 5.79 Å². The minimum absolute atomic E-state index is 0.432. The van der Waals surface area contributed by atoms with Crippen LogP contribution in [0.1, 0.15) is 1.37 Å². The average molecular weight is 361 g/mol. The number of aromatic nitrogens is 2. The Balaban J connectivity index is 1.68. The molecule has 0 fully saturated rings. The van der Waals surface area contributed by atoms with Gasteiger partial charge in [-0.25, -0.2) is 4.98 Å². The zero-order chi connectivity index (χ0) is 19.4. The molecular weight excluding hydrogens is 344 g/mol. The third-order valence-corrected chi connectivity index (χ3v) is 5.21. The summed E-state index contributed by atoms with van der Waals surface area (Å²) in [5, 5.41) is 3.35. The molecule has 4 aromatic carbocycles. The highest BCUT2D eigenvalue weighted by Crippen LogP contribution is 2.34. The number of rotatable bonds is 2. The lowest BCUT2D eigenvalue weighted by atomic mass is 10.1. The fraction of sp³-hybridized carbons (Fsp3) is 0. The summed E-state index contributed by atoms with van der Waals surface area (Å²) >= 11 is 0. The Hall–Kier alpha value is -3.85. The van der Waals surface area contributed by atoms with E-state index in [9.17, 15) is 0 Å². The first-order chi connectivity index (χ1) is 14.3. The minimum Gasteiger partial charge on any atom is -0.464 e. The molecule has 3 nitrogen and oxygen atoms in total. The molecule has 132 valence electrons. The van der Waals surface area contributed by atoms with Crippen LogP contribution < -0.4 is 0 Å². The quantitative estimate of drug-likeness (QED) is 0.348. The van der Waals surface area contributed by atoms with Crippen molar-refractivity contribution in [3.8, 4) is 17.1 Å². The molecule has 0 spiro atoms. The smallest absolute Gasteiger partial charge is 0.149 e. The Morgan fingerprint density at radius 3 is 2.64 bits per heavy atom. The maximum Gasteiger partial charge on any atom is 0.149 e. The highest BCUT2D eigenvalue weighted by molar-refractivity contribution is 5.95. The molecule has 3 heteroatoms. The first-order valence-corrected chi connectivity index (χ1v) is 9.23. The summed E-state index contributed by atoms with van der Waals surface area (Å²) in [7, 11) is 0. The van der Waals surface area contributed by atoms with Crippen LogP contribution in [-0.2, 0) is 0 Å². The van der Waals surface area contributed by atoms with E-state index < -0.39 is 0 Å². The third-order valence-electron chi connectivity index (χ3n) is 5.21. The molecule has 0 saturated carbocycles. The van der Waals surface area contributed by atoms with Crippen LogP contribution in [0.25, 0.3) is 49.9 Å². The summed E-state index contributed by atoms with van der Waals surface area (Å²) in [5.41, 5.74) is 4.65. The lowest BCUT2D eigenvalue weighted by molar-refractivity contribution is 0.616. The summed E-state index contributed by atoms with van der Waals surface area (Å²) in [6.07, 6.45) is 1.74. The van der Waals surface area contributed by atoms with E-state index in [4.69, 9.17) is 10.8 Å². The minimum atomic E-state index is 0.432. The summed E-state index contributed by atoms with van der Waals surface area (Å²) in [5.74, 6) is 0.831. The predicted molar refractivity (Wildman–Crippen MR) is 114 cm³/mol. The van der Waals surface area contributed by atoms with Crippen molar-refractivity contribution >= 4 is 32.8 Å². The first-order valence-electron chi connectivity index (χ1n) is 9.73. The number of para-hydroxylation sites is 3. The molecule has 0 atom stereocenters. The Morgan fingerprint density at radius 2 is 1.68 bits per heavy atom. The number of nitrogens with zero attached hydrogens (tertiary/aromatic N) is 2. The highest BCUT2D eigenvalue weighted by atomic mass is 16.3. The van der Waals surface area contributed by atoms with E-state index in [2.05, 4.69) is 53.1 Å². The van der Waals surface area contributed by atoms with Crippen LogP contribution in [0.3, 0.4) is 0 Å². The molecular formula is C25H16N2O. The van der Waals surface area contributed by atoms with E-state index in [0.717, 1.165) is 33.5 Å². The second-order valence-corrected chi connectivity index (χ2v) is 6.86. The molecule has 0 aliphatic rings. The van der Waals surface area contributed by atoms with Crippen molar-refractivity contribution in [2.24, 2.45) is 0 Å². The van der Waals surface area contributed by atoms with Crippen LogP contribution in [0.5, 0.6) is 0 Å². The van der Waals surface area contributed by atoms with Gasteiger partial charge in [0.1, 0.15) is 17.7 Å². The number of hydrogen-bond acceptors (Lipinski definition) is 2. The first kappa shape index (κ1) is 14.2. The molecule has 0 unspecified atom stereocenters. The normalized spacial score (nSPS) is 12.1. The standard InChI is InChI=1S/C25H16N2O/c1-2-8-18-15-19(14-13-17(18)7-1)27-23-11-5-4-10-22(23)26-25(27)21-16-28-24-12-6-3-9-20(21)24/h1-16H/i6D. The lowest BCUT2D eigenvalue weighted by Gasteiger charge is -2.10. The molecule has 28 heavy (non-hydrogen) atoms. The van der Waals surface area contributed by atoms with Crippen LogP contribution >= 0.6 is 0 Å². The summed E-state index contributed by atoms with van der Waals surface area (Å²) in [6.45, 7) is 0. The van der Waals surface area contributed by atoms with Crippen LogP contribution in [0.4, 0.5) is 0 Å². The molecule has 6 aromatic rings. The van der Waals surface area contributed by atoms with E-state index in [1.54, 1.807) is 18.4 Å². The van der Waals surface area contributed by atoms with Gasteiger partial charge in [-0.3, -0.25) is 4.57 Å². The molecule has 0 saturated heterocycles. The number of furan rings is 1. The largest absolute Gasteiger partial charge is 0.464 e. The van der Waals surface area contributed by atoms with Gasteiger partial charge in [0.05, 0.1) is 18.0 Å². The Morgan fingerprint density at radius 1 is 0.821 bits per heavy atom. The van der Waals surface area contributed by atoms with Crippen LogP contribution in [0, 0.1) is 0 Å². The monoisotopic (exact) mass is 361 g/mol. The van der Waals surface area contributed by atoms with Gasteiger partial charge < -0.3 is 4.42 Å². The molecule has 0 aliphatic heterocycles. The maximum absolute atomic E-state index is 7.85. The number of imidazole rings is 1. The van der Waals surface area contributed by atoms with Crippen molar-refractivity contribution in [1.82, 2.24) is 9.55 Å². The van der Waals surface area contributed by atoms with Gasteiger partial charge in [0, 0.05) is 11.1 Å². The van der Waals surface area contributed by atoms with Gasteiger partial charge >= 0.3 is 0 Å². The average Bonchev–Trinajstić information content (AvgIpc) is 3.34. The van der Waals surface area contributed by atoms with Crippen LogP contribution in [-0.4, -0.2) is 9.55 Å². The number of fused-ring (bicyclic) bond motifs is 3. The van der Waals surface area contributed by atoms with Gasteiger partial charge in [-0.2, -0.15) is 0 Å². The summed E-state index contributed by atoms with van der Waals surface area (Å²) < 4.78 is 15.8. The molecule has 2 aromatic heterocycles. The molecule has 0 amide bonds. The molecule has 6 rings (SSSR count). The van der Waals surface area contributed by atoms with Crippen molar-refractivity contribution in [3.63, 3.8) is 0 Å². The van der Waals surface area contributed by atoms with E-state index >= 15 is 0 Å². The van der Waals surface area contributed by atoms with Gasteiger partial charge in [-0.1, -0.05) is 60.6 Å². The Labute approximate surface area is 162 Å². The summed E-state index contributed by atoms with van der Waals surface area (Å²) in [4.78, 5) is 4.94. The van der Waals surface area contributed by atoms with E-state index in [-0.39, 0.29) is 0 Å². The van der Waals surface area contributed by atoms with E-state index in [1.807, 2.05) is 24.3 Å². The van der Waals surface area contributed by atoms with E-state index in [1.165, 1.54) is 10.8 Å². The van der Waals surface area contributed by atoms with Gasteiger partial charge in [0.15, 0.2) is 0 Å². The Kier molecular flexibility index (Phi) is 2.96. The van der Waals surface area contributed by atoms with Crippen molar-refractivity contribution in [2.45, 2.75) is 0 Å². The fourth-order valence-electron chi connectivity index (χ4n) is 3.88.